The molecule has 6 aromatic rings. The van der Waals surface area contributed by atoms with Gasteiger partial charge in [-0.2, -0.15) is 10.2 Å². The van der Waals surface area contributed by atoms with E-state index < -0.39 is 11.9 Å². The van der Waals surface area contributed by atoms with E-state index in [1.165, 1.54) is 0 Å². The summed E-state index contributed by atoms with van der Waals surface area (Å²) in [7, 11) is 0. The molecule has 0 aliphatic rings. The van der Waals surface area contributed by atoms with E-state index in [4.69, 9.17) is 33.4 Å². The fraction of sp³-hybridized carbons (Fsp3) is 0.0588. The minimum absolute atomic E-state index is 0. The van der Waals surface area contributed by atoms with Gasteiger partial charge in [-0.3, -0.25) is 9.59 Å². The molecule has 45 heavy (non-hydrogen) atoms. The maximum atomic E-state index is 11.1. The second-order valence-corrected chi connectivity index (χ2v) is 10.6. The first-order chi connectivity index (χ1) is 21.3. The number of carboxylic acid groups (broad SMARTS) is 2. The molecule has 0 saturated heterocycles. The van der Waals surface area contributed by atoms with Crippen molar-refractivity contribution in [2.45, 2.75) is 12.8 Å². The SMILES string of the molecule is O=C(O)Cc1cn(-c2ccccc2)nc1-c1ccc(Cl)cc1.O=C(O)Cc1cn(-c2ccccc2)nc1-c1ccc(Cl)cc1.[Ca+2]. The first kappa shape index (κ1) is 34.0. The van der Waals surface area contributed by atoms with Crippen molar-refractivity contribution in [2.24, 2.45) is 0 Å². The molecule has 11 heteroatoms. The molecule has 4 aromatic carbocycles. The zero-order chi connectivity index (χ0) is 31.1. The van der Waals surface area contributed by atoms with Gasteiger partial charge in [-0.15, -0.1) is 0 Å². The molecule has 0 amide bonds. The fourth-order valence-corrected chi connectivity index (χ4v) is 4.78. The third-order valence-corrected chi connectivity index (χ3v) is 7.04. The number of para-hydroxylation sites is 2. The molecule has 0 unspecified atom stereocenters. The molecule has 220 valence electrons. The van der Waals surface area contributed by atoms with Crippen LogP contribution in [0.2, 0.25) is 10.0 Å². The van der Waals surface area contributed by atoms with Crippen LogP contribution in [0.15, 0.2) is 122 Å². The van der Waals surface area contributed by atoms with Crippen molar-refractivity contribution in [3.63, 3.8) is 0 Å². The Bertz CT molecular complexity index is 1740. The molecule has 0 aliphatic carbocycles. The van der Waals surface area contributed by atoms with Crippen molar-refractivity contribution in [1.29, 1.82) is 0 Å². The molecule has 0 aliphatic heterocycles. The Labute approximate surface area is 299 Å². The van der Waals surface area contributed by atoms with Gasteiger partial charge in [0.2, 0.25) is 0 Å². The number of nitrogens with zero attached hydrogens (tertiary/aromatic N) is 4. The summed E-state index contributed by atoms with van der Waals surface area (Å²) >= 11 is 11.8. The quantitative estimate of drug-likeness (QED) is 0.166. The summed E-state index contributed by atoms with van der Waals surface area (Å²) in [6.45, 7) is 0. The van der Waals surface area contributed by atoms with Crippen molar-refractivity contribution < 1.29 is 19.8 Å². The number of benzene rings is 4. The molecule has 8 nitrogen and oxygen atoms in total. The van der Waals surface area contributed by atoms with E-state index in [0.717, 1.165) is 22.5 Å². The zero-order valence-corrected chi connectivity index (χ0v) is 27.6. The van der Waals surface area contributed by atoms with Crippen molar-refractivity contribution in [1.82, 2.24) is 19.6 Å². The Hall–Kier alpha value is -3.92. The van der Waals surface area contributed by atoms with Gasteiger partial charge in [-0.05, 0) is 48.5 Å². The number of rotatable bonds is 8. The van der Waals surface area contributed by atoms with Crippen molar-refractivity contribution in [3.8, 4) is 33.9 Å². The molecule has 2 N–H and O–H groups in total. The second-order valence-electron chi connectivity index (χ2n) is 9.72. The van der Waals surface area contributed by atoms with E-state index in [-0.39, 0.29) is 50.6 Å². The normalized spacial score (nSPS) is 10.4. The Kier molecular flexibility index (Phi) is 12.0. The summed E-state index contributed by atoms with van der Waals surface area (Å²) in [5.41, 5.74) is 6.09. The van der Waals surface area contributed by atoms with E-state index >= 15 is 0 Å². The van der Waals surface area contributed by atoms with Gasteiger partial charge in [0.05, 0.1) is 35.6 Å². The molecule has 0 atom stereocenters. The number of carbonyl (C=O) groups is 2. The Morgan fingerprint density at radius 1 is 0.556 bits per heavy atom. The summed E-state index contributed by atoms with van der Waals surface area (Å²) in [6, 6.07) is 33.6. The number of hydrogen-bond donors (Lipinski definition) is 2. The van der Waals surface area contributed by atoms with E-state index in [0.29, 0.717) is 32.6 Å². The van der Waals surface area contributed by atoms with E-state index in [2.05, 4.69) is 10.2 Å². The summed E-state index contributed by atoms with van der Waals surface area (Å²) < 4.78 is 3.39. The minimum Gasteiger partial charge on any atom is -0.481 e. The summed E-state index contributed by atoms with van der Waals surface area (Å²) in [6.07, 6.45) is 3.36. The van der Waals surface area contributed by atoms with Crippen molar-refractivity contribution in [3.05, 3.63) is 143 Å². The molecule has 0 bridgehead atoms. The molecule has 0 spiro atoms. The van der Waals surface area contributed by atoms with Crippen LogP contribution >= 0.6 is 23.2 Å². The third kappa shape index (κ3) is 9.06. The number of aromatic nitrogens is 4. The average Bonchev–Trinajstić information content (AvgIpc) is 3.63. The van der Waals surface area contributed by atoms with Gasteiger partial charge in [0.1, 0.15) is 0 Å². The predicted molar refractivity (Wildman–Crippen MR) is 176 cm³/mol. The molecular formula is C34H26CaCl2N4O4+2. The smallest absolute Gasteiger partial charge is 0.481 e. The predicted octanol–water partition coefficient (Wildman–Crippen LogP) is 7.26. The molecule has 0 saturated carbocycles. The maximum Gasteiger partial charge on any atom is 2.00 e. The first-order valence-corrected chi connectivity index (χ1v) is 14.3. The van der Waals surface area contributed by atoms with Crippen LogP contribution < -0.4 is 0 Å². The Balaban J connectivity index is 0.000000200. The van der Waals surface area contributed by atoms with Gasteiger partial charge < -0.3 is 10.2 Å². The van der Waals surface area contributed by atoms with Crippen LogP contribution in [0.4, 0.5) is 0 Å². The standard InChI is InChI=1S/2C17H13ClN2O2.Ca/c2*18-14-8-6-12(7-9-14)17-13(10-16(21)22)11-20(19-17)15-4-2-1-3-5-15;/h2*1-9,11H,10H2,(H,21,22);/q;;+2. The number of hydrogen-bond acceptors (Lipinski definition) is 4. The van der Waals surface area contributed by atoms with Gasteiger partial charge >= 0.3 is 49.7 Å². The van der Waals surface area contributed by atoms with E-state index in [1.807, 2.05) is 84.9 Å². The van der Waals surface area contributed by atoms with Crippen LogP contribution in [-0.2, 0) is 22.4 Å². The molecular weight excluding hydrogens is 639 g/mol. The molecule has 2 aromatic heterocycles. The molecule has 0 radical (unpaired) electrons. The zero-order valence-electron chi connectivity index (χ0n) is 23.9. The minimum atomic E-state index is -0.886. The fourth-order valence-electron chi connectivity index (χ4n) is 4.53. The third-order valence-electron chi connectivity index (χ3n) is 6.54. The number of halogens is 2. The van der Waals surface area contributed by atoms with Crippen LogP contribution in [0.5, 0.6) is 0 Å². The van der Waals surface area contributed by atoms with Crippen molar-refractivity contribution in [2.75, 3.05) is 0 Å². The maximum absolute atomic E-state index is 11.1. The largest absolute Gasteiger partial charge is 2.00 e. The summed E-state index contributed by atoms with van der Waals surface area (Å²) in [5.74, 6) is -1.77. The average molecular weight is 666 g/mol. The topological polar surface area (TPSA) is 110 Å². The number of carboxylic acids is 2. The van der Waals surface area contributed by atoms with Gasteiger partial charge in [0.25, 0.3) is 0 Å². The van der Waals surface area contributed by atoms with Crippen LogP contribution in [0.1, 0.15) is 11.1 Å². The van der Waals surface area contributed by atoms with Gasteiger partial charge in [0, 0.05) is 44.7 Å². The monoisotopic (exact) mass is 664 g/mol. The molecule has 6 rings (SSSR count). The molecule has 0 fully saturated rings. The second kappa shape index (κ2) is 15.9. The van der Waals surface area contributed by atoms with Crippen LogP contribution in [-0.4, -0.2) is 79.5 Å². The van der Waals surface area contributed by atoms with Crippen LogP contribution in [0.3, 0.4) is 0 Å². The first-order valence-electron chi connectivity index (χ1n) is 13.5. The summed E-state index contributed by atoms with van der Waals surface area (Å²) in [5, 5.41) is 28.6. The van der Waals surface area contributed by atoms with Gasteiger partial charge in [-0.1, -0.05) is 83.9 Å². The summed E-state index contributed by atoms with van der Waals surface area (Å²) in [4.78, 5) is 22.2. The Morgan fingerprint density at radius 3 is 1.20 bits per heavy atom. The molecule has 2 heterocycles. The van der Waals surface area contributed by atoms with Crippen LogP contribution in [0.25, 0.3) is 33.9 Å². The van der Waals surface area contributed by atoms with Crippen LogP contribution in [0, 0.1) is 0 Å². The van der Waals surface area contributed by atoms with E-state index in [1.54, 1.807) is 46.0 Å². The van der Waals surface area contributed by atoms with Gasteiger partial charge in [-0.25, -0.2) is 9.36 Å². The van der Waals surface area contributed by atoms with Crippen molar-refractivity contribution >= 4 is 72.9 Å². The number of aliphatic carboxylic acids is 2. The van der Waals surface area contributed by atoms with Gasteiger partial charge in [0.15, 0.2) is 0 Å². The van der Waals surface area contributed by atoms with E-state index in [9.17, 15) is 9.59 Å². The Morgan fingerprint density at radius 2 is 0.889 bits per heavy atom.